The average Bonchev–Trinajstić information content (AvgIpc) is 2.85. The predicted molar refractivity (Wildman–Crippen MR) is 67.8 cm³/mol. The van der Waals surface area contributed by atoms with Gasteiger partial charge >= 0.3 is 5.97 Å². The number of hydrogen-bond donors (Lipinski definition) is 2. The van der Waals surface area contributed by atoms with Crippen LogP contribution in [0.25, 0.3) is 11.1 Å². The largest absolute Gasteiger partial charge is 0.480 e. The Morgan fingerprint density at radius 1 is 1.47 bits per heavy atom. The van der Waals surface area contributed by atoms with Crippen molar-refractivity contribution in [2.24, 2.45) is 0 Å². The maximum atomic E-state index is 12.1. The highest BCUT2D eigenvalue weighted by Crippen LogP contribution is 2.16. The number of nitrogens with zero attached hydrogens (tertiary/aromatic N) is 1. The van der Waals surface area contributed by atoms with E-state index in [4.69, 9.17) is 9.52 Å². The average molecular weight is 262 g/mol. The van der Waals surface area contributed by atoms with Gasteiger partial charge in [-0.15, -0.1) is 0 Å². The number of aromatic nitrogens is 1. The van der Waals surface area contributed by atoms with Crippen LogP contribution < -0.4 is 5.32 Å². The Kier molecular flexibility index (Phi) is 3.25. The Balaban J connectivity index is 2.26. The summed E-state index contributed by atoms with van der Waals surface area (Å²) in [6, 6.07) is 4.76. The lowest BCUT2D eigenvalue weighted by Crippen LogP contribution is -2.51. The molecule has 0 radical (unpaired) electrons. The van der Waals surface area contributed by atoms with Crippen molar-refractivity contribution >= 4 is 23.0 Å². The van der Waals surface area contributed by atoms with Crippen LogP contribution in [0.15, 0.2) is 29.0 Å². The quantitative estimate of drug-likeness (QED) is 0.876. The minimum atomic E-state index is -1.28. The first kappa shape index (κ1) is 13.1. The molecule has 0 saturated heterocycles. The summed E-state index contributed by atoms with van der Waals surface area (Å²) in [7, 11) is 0. The van der Waals surface area contributed by atoms with Crippen molar-refractivity contribution in [3.05, 3.63) is 30.2 Å². The number of rotatable bonds is 4. The van der Waals surface area contributed by atoms with Gasteiger partial charge in [0, 0.05) is 5.56 Å². The van der Waals surface area contributed by atoms with Crippen molar-refractivity contribution in [1.29, 1.82) is 0 Å². The monoisotopic (exact) mass is 262 g/mol. The van der Waals surface area contributed by atoms with E-state index < -0.39 is 17.4 Å². The molecule has 100 valence electrons. The van der Waals surface area contributed by atoms with E-state index in [1.165, 1.54) is 13.3 Å². The van der Waals surface area contributed by atoms with Gasteiger partial charge in [-0.3, -0.25) is 4.79 Å². The zero-order valence-electron chi connectivity index (χ0n) is 10.6. The Hall–Kier alpha value is -2.37. The van der Waals surface area contributed by atoms with Crippen LogP contribution >= 0.6 is 0 Å². The van der Waals surface area contributed by atoms with E-state index in [9.17, 15) is 9.59 Å². The van der Waals surface area contributed by atoms with Gasteiger partial charge in [0.25, 0.3) is 5.91 Å². The van der Waals surface area contributed by atoms with E-state index in [2.05, 4.69) is 10.3 Å². The maximum absolute atomic E-state index is 12.1. The van der Waals surface area contributed by atoms with Crippen LogP contribution in [0.5, 0.6) is 0 Å². The van der Waals surface area contributed by atoms with Gasteiger partial charge in [-0.05, 0) is 31.5 Å². The number of benzene rings is 1. The topological polar surface area (TPSA) is 92.4 Å². The molecule has 1 unspecified atom stereocenters. The lowest BCUT2D eigenvalue weighted by molar-refractivity contribution is -0.143. The number of carbonyl (C=O) groups is 2. The fourth-order valence-electron chi connectivity index (χ4n) is 1.61. The summed E-state index contributed by atoms with van der Waals surface area (Å²) in [5.41, 5.74) is 0.201. The smallest absolute Gasteiger partial charge is 0.329 e. The lowest BCUT2D eigenvalue weighted by Gasteiger charge is -2.24. The van der Waals surface area contributed by atoms with Crippen molar-refractivity contribution in [1.82, 2.24) is 10.3 Å². The number of nitrogens with one attached hydrogen (secondary N) is 1. The van der Waals surface area contributed by atoms with E-state index in [-0.39, 0.29) is 0 Å². The first-order valence-corrected chi connectivity index (χ1v) is 5.85. The molecule has 1 amide bonds. The second-order valence-corrected chi connectivity index (χ2v) is 4.48. The molecule has 6 heteroatoms. The third-order valence-corrected chi connectivity index (χ3v) is 3.16. The summed E-state index contributed by atoms with van der Waals surface area (Å²) >= 11 is 0. The van der Waals surface area contributed by atoms with Gasteiger partial charge in [-0.1, -0.05) is 6.92 Å². The Morgan fingerprint density at radius 3 is 2.84 bits per heavy atom. The SMILES string of the molecule is CCC(C)(NC(=O)c1ccc2ocnc2c1)C(=O)O. The van der Waals surface area contributed by atoms with Gasteiger partial charge in [-0.25, -0.2) is 9.78 Å². The fourth-order valence-corrected chi connectivity index (χ4v) is 1.61. The number of carboxylic acids is 1. The highest BCUT2D eigenvalue weighted by atomic mass is 16.4. The van der Waals surface area contributed by atoms with Crippen molar-refractivity contribution < 1.29 is 19.1 Å². The molecular weight excluding hydrogens is 248 g/mol. The molecule has 6 nitrogen and oxygen atoms in total. The summed E-state index contributed by atoms with van der Waals surface area (Å²) in [5.74, 6) is -1.51. The maximum Gasteiger partial charge on any atom is 0.329 e. The third-order valence-electron chi connectivity index (χ3n) is 3.16. The first-order chi connectivity index (χ1) is 8.96. The predicted octanol–water partition coefficient (Wildman–Crippen LogP) is 1.81. The van der Waals surface area contributed by atoms with Gasteiger partial charge in [0.15, 0.2) is 12.0 Å². The molecule has 0 aliphatic heterocycles. The zero-order valence-corrected chi connectivity index (χ0v) is 10.6. The molecule has 0 aliphatic carbocycles. The van der Waals surface area contributed by atoms with Gasteiger partial charge in [-0.2, -0.15) is 0 Å². The summed E-state index contributed by atoms with van der Waals surface area (Å²) in [6.45, 7) is 3.18. The molecule has 0 bridgehead atoms. The summed E-state index contributed by atoms with van der Waals surface area (Å²) in [5, 5.41) is 11.6. The highest BCUT2D eigenvalue weighted by Gasteiger charge is 2.33. The van der Waals surface area contributed by atoms with E-state index in [0.717, 1.165) is 0 Å². The molecule has 1 aromatic carbocycles. The molecule has 2 rings (SSSR count). The van der Waals surface area contributed by atoms with Crippen molar-refractivity contribution in [3.63, 3.8) is 0 Å². The molecule has 0 fully saturated rings. The van der Waals surface area contributed by atoms with Gasteiger partial charge in [0.05, 0.1) is 0 Å². The number of aliphatic carboxylic acids is 1. The van der Waals surface area contributed by atoms with Crippen molar-refractivity contribution in [3.8, 4) is 0 Å². The fraction of sp³-hybridized carbons (Fsp3) is 0.308. The molecule has 19 heavy (non-hydrogen) atoms. The molecule has 1 aromatic heterocycles. The number of fused-ring (bicyclic) bond motifs is 1. The number of carboxylic acid groups (broad SMARTS) is 1. The molecule has 1 atom stereocenters. The molecule has 2 N–H and O–H groups in total. The standard InChI is InChI=1S/C13H14N2O4/c1-3-13(2,12(17)18)15-11(16)8-4-5-10-9(6-8)14-7-19-10/h4-7H,3H2,1-2H3,(H,15,16)(H,17,18). The van der Waals surface area contributed by atoms with Crippen LogP contribution in [0.3, 0.4) is 0 Å². The third kappa shape index (κ3) is 2.42. The van der Waals surface area contributed by atoms with Crippen LogP contribution in [0, 0.1) is 0 Å². The summed E-state index contributed by atoms with van der Waals surface area (Å²) in [6.07, 6.45) is 1.58. The minimum Gasteiger partial charge on any atom is -0.480 e. The van der Waals surface area contributed by atoms with Crippen molar-refractivity contribution in [2.75, 3.05) is 0 Å². The number of amides is 1. The van der Waals surface area contributed by atoms with Crippen LogP contribution in [-0.2, 0) is 4.79 Å². The van der Waals surface area contributed by atoms with E-state index in [1.807, 2.05) is 0 Å². The number of oxazole rings is 1. The van der Waals surface area contributed by atoms with Crippen molar-refractivity contribution in [2.45, 2.75) is 25.8 Å². The van der Waals surface area contributed by atoms with Crippen LogP contribution in [-0.4, -0.2) is 27.5 Å². The summed E-state index contributed by atoms with van der Waals surface area (Å²) < 4.78 is 5.08. The summed E-state index contributed by atoms with van der Waals surface area (Å²) in [4.78, 5) is 27.2. The van der Waals surface area contributed by atoms with E-state index >= 15 is 0 Å². The second-order valence-electron chi connectivity index (χ2n) is 4.48. The Morgan fingerprint density at radius 2 is 2.21 bits per heavy atom. The van der Waals surface area contributed by atoms with Crippen LogP contribution in [0.1, 0.15) is 30.6 Å². The zero-order chi connectivity index (χ0) is 14.0. The van der Waals surface area contributed by atoms with Gasteiger partial charge in [0.1, 0.15) is 11.1 Å². The highest BCUT2D eigenvalue weighted by molar-refractivity contribution is 5.99. The molecule has 1 heterocycles. The molecule has 2 aromatic rings. The second kappa shape index (κ2) is 4.72. The number of hydrogen-bond acceptors (Lipinski definition) is 4. The molecule has 0 aliphatic rings. The lowest BCUT2D eigenvalue weighted by atomic mass is 9.98. The van der Waals surface area contributed by atoms with Gasteiger partial charge < -0.3 is 14.8 Å². The van der Waals surface area contributed by atoms with E-state index in [0.29, 0.717) is 23.1 Å². The van der Waals surface area contributed by atoms with E-state index in [1.54, 1.807) is 25.1 Å². The number of carbonyl (C=O) groups excluding carboxylic acids is 1. The van der Waals surface area contributed by atoms with Crippen LogP contribution in [0.2, 0.25) is 0 Å². The molecule has 0 spiro atoms. The Bertz CT molecular complexity index is 634. The van der Waals surface area contributed by atoms with Crippen LogP contribution in [0.4, 0.5) is 0 Å². The normalized spacial score (nSPS) is 14.0. The van der Waals surface area contributed by atoms with Gasteiger partial charge in [0.2, 0.25) is 0 Å². The molecule has 0 saturated carbocycles. The molecular formula is C13H14N2O4. The minimum absolute atomic E-state index is 0.292. The Labute approximate surface area is 109 Å². The first-order valence-electron chi connectivity index (χ1n) is 5.85.